The van der Waals surface area contributed by atoms with Gasteiger partial charge >= 0.3 is 5.63 Å². The SMILES string of the molecule is Cc1cc(=O)oc2cc(NCCCCCCN)ccc12. The van der Waals surface area contributed by atoms with Crippen molar-refractivity contribution in [1.29, 1.82) is 0 Å². The van der Waals surface area contributed by atoms with Gasteiger partial charge in [-0.1, -0.05) is 12.8 Å². The van der Waals surface area contributed by atoms with Crippen LogP contribution in [0.3, 0.4) is 0 Å². The predicted molar refractivity (Wildman–Crippen MR) is 83.2 cm³/mol. The number of benzene rings is 1. The second kappa shape index (κ2) is 7.10. The molecule has 1 aromatic heterocycles. The van der Waals surface area contributed by atoms with Gasteiger partial charge in [-0.25, -0.2) is 4.79 Å². The van der Waals surface area contributed by atoms with E-state index in [-0.39, 0.29) is 5.63 Å². The summed E-state index contributed by atoms with van der Waals surface area (Å²) >= 11 is 0. The fourth-order valence-electron chi connectivity index (χ4n) is 2.29. The highest BCUT2D eigenvalue weighted by Crippen LogP contribution is 2.20. The van der Waals surface area contributed by atoms with Crippen LogP contribution in [0, 0.1) is 6.92 Å². The number of rotatable bonds is 7. The van der Waals surface area contributed by atoms with E-state index >= 15 is 0 Å². The van der Waals surface area contributed by atoms with E-state index in [1.807, 2.05) is 25.1 Å². The fourth-order valence-corrected chi connectivity index (χ4v) is 2.29. The molecule has 2 aromatic rings. The van der Waals surface area contributed by atoms with Gasteiger partial charge in [0.15, 0.2) is 0 Å². The van der Waals surface area contributed by atoms with E-state index in [9.17, 15) is 4.79 Å². The highest BCUT2D eigenvalue weighted by Gasteiger charge is 2.03. The quantitative estimate of drug-likeness (QED) is 0.601. The number of unbranched alkanes of at least 4 members (excludes halogenated alkanes) is 3. The smallest absolute Gasteiger partial charge is 0.336 e. The van der Waals surface area contributed by atoms with Crippen LogP contribution in [0.4, 0.5) is 5.69 Å². The maximum Gasteiger partial charge on any atom is 0.336 e. The maximum atomic E-state index is 11.4. The lowest BCUT2D eigenvalue weighted by molar-refractivity contribution is 0.560. The Balaban J connectivity index is 1.96. The van der Waals surface area contributed by atoms with E-state index < -0.39 is 0 Å². The summed E-state index contributed by atoms with van der Waals surface area (Å²) < 4.78 is 5.23. The van der Waals surface area contributed by atoms with Gasteiger partial charge < -0.3 is 15.5 Å². The third-order valence-electron chi connectivity index (χ3n) is 3.41. The molecule has 0 unspecified atom stereocenters. The fraction of sp³-hybridized carbons (Fsp3) is 0.438. The molecule has 1 heterocycles. The highest BCUT2D eigenvalue weighted by atomic mass is 16.4. The van der Waals surface area contributed by atoms with Gasteiger partial charge in [0.1, 0.15) is 5.58 Å². The molecule has 0 radical (unpaired) electrons. The second-order valence-electron chi connectivity index (χ2n) is 5.09. The normalized spacial score (nSPS) is 10.9. The lowest BCUT2D eigenvalue weighted by Crippen LogP contribution is -2.03. The molecule has 1 aromatic carbocycles. The Morgan fingerprint density at radius 3 is 2.75 bits per heavy atom. The van der Waals surface area contributed by atoms with Crippen LogP contribution >= 0.6 is 0 Å². The van der Waals surface area contributed by atoms with Crippen LogP contribution in [-0.2, 0) is 0 Å². The Bertz CT molecular complexity index is 619. The molecular formula is C16H22N2O2. The molecular weight excluding hydrogens is 252 g/mol. The van der Waals surface area contributed by atoms with Crippen LogP contribution < -0.4 is 16.7 Å². The number of nitrogens with one attached hydrogen (secondary N) is 1. The lowest BCUT2D eigenvalue weighted by Gasteiger charge is -2.07. The topological polar surface area (TPSA) is 68.3 Å². The van der Waals surface area contributed by atoms with Crippen molar-refractivity contribution in [2.24, 2.45) is 5.73 Å². The monoisotopic (exact) mass is 274 g/mol. The van der Waals surface area contributed by atoms with E-state index in [4.69, 9.17) is 10.2 Å². The van der Waals surface area contributed by atoms with Gasteiger partial charge in [0.25, 0.3) is 0 Å². The molecule has 3 N–H and O–H groups in total. The number of hydrogen-bond acceptors (Lipinski definition) is 4. The van der Waals surface area contributed by atoms with Gasteiger partial charge in [-0.05, 0) is 44.0 Å². The van der Waals surface area contributed by atoms with Gasteiger partial charge in [0.05, 0.1) is 0 Å². The summed E-state index contributed by atoms with van der Waals surface area (Å²) in [6.07, 6.45) is 4.59. The minimum absolute atomic E-state index is 0.297. The summed E-state index contributed by atoms with van der Waals surface area (Å²) in [6.45, 7) is 3.62. The van der Waals surface area contributed by atoms with Gasteiger partial charge in [0, 0.05) is 29.8 Å². The predicted octanol–water partition coefficient (Wildman–Crippen LogP) is 3.03. The van der Waals surface area contributed by atoms with Crippen molar-refractivity contribution in [2.45, 2.75) is 32.6 Å². The molecule has 0 spiro atoms. The Kier molecular flexibility index (Phi) is 5.18. The van der Waals surface area contributed by atoms with Crippen molar-refractivity contribution in [2.75, 3.05) is 18.4 Å². The van der Waals surface area contributed by atoms with Crippen molar-refractivity contribution >= 4 is 16.7 Å². The Morgan fingerprint density at radius 2 is 1.95 bits per heavy atom. The van der Waals surface area contributed by atoms with E-state index in [0.717, 1.165) is 42.6 Å². The average molecular weight is 274 g/mol. The van der Waals surface area contributed by atoms with Crippen molar-refractivity contribution in [3.63, 3.8) is 0 Å². The van der Waals surface area contributed by atoms with Gasteiger partial charge in [0.2, 0.25) is 0 Å². The average Bonchev–Trinajstić information content (AvgIpc) is 2.42. The Hall–Kier alpha value is -1.81. The zero-order valence-corrected chi connectivity index (χ0v) is 11.9. The summed E-state index contributed by atoms with van der Waals surface area (Å²) in [5, 5.41) is 4.34. The molecule has 0 amide bonds. The third kappa shape index (κ3) is 3.84. The Morgan fingerprint density at radius 1 is 1.15 bits per heavy atom. The van der Waals surface area contributed by atoms with Gasteiger partial charge in [-0.3, -0.25) is 0 Å². The summed E-state index contributed by atoms with van der Waals surface area (Å²) in [4.78, 5) is 11.4. The van der Waals surface area contributed by atoms with Crippen LogP contribution in [0.5, 0.6) is 0 Å². The van der Waals surface area contributed by atoms with Crippen LogP contribution in [0.1, 0.15) is 31.2 Å². The zero-order chi connectivity index (χ0) is 14.4. The molecule has 108 valence electrons. The van der Waals surface area contributed by atoms with E-state index in [1.165, 1.54) is 18.9 Å². The van der Waals surface area contributed by atoms with Gasteiger partial charge in [-0.2, -0.15) is 0 Å². The van der Waals surface area contributed by atoms with Crippen LogP contribution in [0.2, 0.25) is 0 Å². The number of fused-ring (bicyclic) bond motifs is 1. The number of nitrogens with two attached hydrogens (primary N) is 1. The standard InChI is InChI=1S/C16H22N2O2/c1-12-10-16(19)20-15-11-13(6-7-14(12)15)18-9-5-3-2-4-8-17/h6-7,10-11,18H,2-5,8-9,17H2,1H3. The first-order valence-electron chi connectivity index (χ1n) is 7.19. The van der Waals surface area contributed by atoms with Crippen LogP contribution in [0.15, 0.2) is 33.5 Å². The van der Waals surface area contributed by atoms with E-state index in [0.29, 0.717) is 5.58 Å². The molecule has 4 heteroatoms. The van der Waals surface area contributed by atoms with Crippen molar-refractivity contribution in [1.82, 2.24) is 0 Å². The molecule has 0 bridgehead atoms. The first kappa shape index (κ1) is 14.6. The molecule has 0 fully saturated rings. The highest BCUT2D eigenvalue weighted by molar-refractivity contribution is 5.83. The minimum atomic E-state index is -0.297. The largest absolute Gasteiger partial charge is 0.423 e. The van der Waals surface area contributed by atoms with Crippen molar-refractivity contribution < 1.29 is 4.42 Å². The summed E-state index contributed by atoms with van der Waals surface area (Å²) in [7, 11) is 0. The van der Waals surface area contributed by atoms with E-state index in [2.05, 4.69) is 5.32 Å². The molecule has 0 aliphatic heterocycles. The molecule has 0 atom stereocenters. The van der Waals surface area contributed by atoms with Crippen LogP contribution in [0.25, 0.3) is 11.0 Å². The molecule has 4 nitrogen and oxygen atoms in total. The maximum absolute atomic E-state index is 11.4. The van der Waals surface area contributed by atoms with Crippen LogP contribution in [-0.4, -0.2) is 13.1 Å². The number of aryl methyl sites for hydroxylation is 1. The third-order valence-corrected chi connectivity index (χ3v) is 3.41. The molecule has 0 aliphatic carbocycles. The second-order valence-corrected chi connectivity index (χ2v) is 5.09. The molecule has 2 rings (SSSR count). The van der Waals surface area contributed by atoms with Gasteiger partial charge in [-0.15, -0.1) is 0 Å². The molecule has 0 saturated heterocycles. The minimum Gasteiger partial charge on any atom is -0.423 e. The lowest BCUT2D eigenvalue weighted by atomic mass is 10.1. The van der Waals surface area contributed by atoms with Crippen molar-refractivity contribution in [3.8, 4) is 0 Å². The number of anilines is 1. The summed E-state index contributed by atoms with van der Waals surface area (Å²) in [5.41, 5.74) is 7.74. The van der Waals surface area contributed by atoms with Crippen molar-refractivity contribution in [3.05, 3.63) is 40.2 Å². The molecule has 0 saturated carbocycles. The zero-order valence-electron chi connectivity index (χ0n) is 11.9. The van der Waals surface area contributed by atoms with E-state index in [1.54, 1.807) is 0 Å². The molecule has 20 heavy (non-hydrogen) atoms. The first-order valence-corrected chi connectivity index (χ1v) is 7.19. The summed E-state index contributed by atoms with van der Waals surface area (Å²) in [6, 6.07) is 7.43. The molecule has 0 aliphatic rings. The first-order chi connectivity index (χ1) is 9.70. The summed E-state index contributed by atoms with van der Waals surface area (Å²) in [5.74, 6) is 0. The number of hydrogen-bond donors (Lipinski definition) is 2. The Labute approximate surface area is 119 Å².